The first-order valence-corrected chi connectivity index (χ1v) is 10.3. The second kappa shape index (κ2) is 10.2. The Hall–Kier alpha value is -3.23. The molecule has 0 aliphatic carbocycles. The van der Waals surface area contributed by atoms with Gasteiger partial charge >= 0.3 is 14.8 Å². The molecule has 2 amide bonds. The van der Waals surface area contributed by atoms with Crippen molar-refractivity contribution in [3.05, 3.63) is 29.1 Å². The van der Waals surface area contributed by atoms with Crippen LogP contribution in [0.25, 0.3) is 0 Å². The Balaban J connectivity index is 3.26. The molecule has 0 spiro atoms. The van der Waals surface area contributed by atoms with Crippen LogP contribution in [0.3, 0.4) is 0 Å². The zero-order valence-corrected chi connectivity index (χ0v) is 17.4. The van der Waals surface area contributed by atoms with Crippen molar-refractivity contribution in [1.29, 1.82) is 0 Å². The van der Waals surface area contributed by atoms with E-state index in [1.165, 1.54) is 0 Å². The highest BCUT2D eigenvalue weighted by Gasteiger charge is 2.51. The molecule has 1 aromatic carbocycles. The fourth-order valence-corrected chi connectivity index (χ4v) is 4.82. The van der Waals surface area contributed by atoms with Crippen LogP contribution < -0.4 is 10.6 Å². The Morgan fingerprint density at radius 1 is 0.774 bits per heavy atom. The van der Waals surface area contributed by atoms with Gasteiger partial charge < -0.3 is 19.0 Å². The molecule has 0 fully saturated rings. The maximum Gasteiger partial charge on any atom is 0.705 e. The van der Waals surface area contributed by atoms with Gasteiger partial charge in [0, 0.05) is 27.3 Å². The average molecular weight is 472 g/mol. The van der Waals surface area contributed by atoms with Crippen LogP contribution in [0, 0.1) is 29.1 Å². The Bertz CT molecular complexity index is 845. The Morgan fingerprint density at radius 3 is 1.45 bits per heavy atom. The van der Waals surface area contributed by atoms with Crippen molar-refractivity contribution >= 4 is 38.4 Å². The van der Waals surface area contributed by atoms with Crippen molar-refractivity contribution in [1.82, 2.24) is 0 Å². The zero-order valence-electron chi connectivity index (χ0n) is 16.4. The number of nitrogens with zero attached hydrogens (tertiary/aromatic N) is 1. The van der Waals surface area contributed by atoms with Crippen LogP contribution in [0.2, 0.25) is 6.04 Å². The minimum Gasteiger partial charge on any atom is -0.455 e. The van der Waals surface area contributed by atoms with E-state index >= 15 is 0 Å². The van der Waals surface area contributed by atoms with Crippen LogP contribution >= 0.6 is 0 Å². The molecular formula is C16H17F5N2O7Si. The van der Waals surface area contributed by atoms with Gasteiger partial charge in [0.05, 0.1) is 6.04 Å². The molecule has 0 atom stereocenters. The number of primary amides is 1. The molecule has 0 aromatic heterocycles. The molecule has 0 aliphatic rings. The van der Waals surface area contributed by atoms with Crippen LogP contribution in [0.15, 0.2) is 0 Å². The molecule has 31 heavy (non-hydrogen) atoms. The monoisotopic (exact) mass is 472 g/mol. The second-order valence-electron chi connectivity index (χ2n) is 5.98. The summed E-state index contributed by atoms with van der Waals surface area (Å²) in [5.74, 6) is -14.7. The van der Waals surface area contributed by atoms with Gasteiger partial charge in [-0.05, 0) is 6.42 Å². The summed E-state index contributed by atoms with van der Waals surface area (Å²) in [6, 6.07) is -2.13. The van der Waals surface area contributed by atoms with Crippen molar-refractivity contribution in [2.24, 2.45) is 5.73 Å². The molecule has 2 N–H and O–H groups in total. The van der Waals surface area contributed by atoms with Crippen molar-refractivity contribution in [3.8, 4) is 0 Å². The molecule has 0 radical (unpaired) electrons. The molecule has 1 rings (SSSR count). The van der Waals surface area contributed by atoms with Crippen LogP contribution in [-0.2, 0) is 27.7 Å². The number of hydrogen-bond donors (Lipinski definition) is 1. The third-order valence-electron chi connectivity index (χ3n) is 3.48. The van der Waals surface area contributed by atoms with E-state index in [0.29, 0.717) is 0 Å². The number of benzene rings is 1. The van der Waals surface area contributed by atoms with E-state index in [0.717, 1.165) is 20.8 Å². The lowest BCUT2D eigenvalue weighted by atomic mass is 10.2. The molecule has 0 saturated carbocycles. The highest BCUT2D eigenvalue weighted by Crippen LogP contribution is 2.31. The SMILES string of the molecule is CC(=O)O[Si](CCCN(C(N)=O)c1c(F)c(F)c(F)c(F)c1F)(OC(C)=O)OC(C)=O. The van der Waals surface area contributed by atoms with Crippen LogP contribution in [0.4, 0.5) is 32.4 Å². The van der Waals surface area contributed by atoms with Gasteiger partial charge in [-0.15, -0.1) is 0 Å². The average Bonchev–Trinajstić information content (AvgIpc) is 2.61. The normalized spacial score (nSPS) is 11.0. The molecule has 15 heteroatoms. The number of nitrogens with two attached hydrogens (primary N) is 1. The van der Waals surface area contributed by atoms with E-state index in [-0.39, 0.29) is 4.90 Å². The number of rotatable bonds is 8. The Kier molecular flexibility index (Phi) is 8.48. The molecule has 172 valence electrons. The predicted molar refractivity (Wildman–Crippen MR) is 93.6 cm³/mol. The summed E-state index contributed by atoms with van der Waals surface area (Å²) in [5, 5.41) is 0. The smallest absolute Gasteiger partial charge is 0.455 e. The fraction of sp³-hybridized carbons (Fsp3) is 0.375. The lowest BCUT2D eigenvalue weighted by Crippen LogP contribution is -2.50. The standard InChI is InChI=1S/C16H17F5N2O7Si/c1-7(24)28-31(29-8(2)25,30-9(3)26)6-4-5-23(16(22)27)15-13(20)11(18)10(17)12(19)14(15)21/h4-6H2,1-3H3,(H2,22,27). The maximum atomic E-state index is 14.0. The lowest BCUT2D eigenvalue weighted by molar-refractivity contribution is -0.147. The molecule has 0 bridgehead atoms. The third-order valence-corrected chi connectivity index (χ3v) is 6.25. The predicted octanol–water partition coefficient (Wildman–Crippen LogP) is 2.29. The van der Waals surface area contributed by atoms with E-state index in [1.54, 1.807) is 0 Å². The first-order valence-electron chi connectivity index (χ1n) is 8.39. The van der Waals surface area contributed by atoms with E-state index in [2.05, 4.69) is 0 Å². The first-order chi connectivity index (χ1) is 14.2. The summed E-state index contributed by atoms with van der Waals surface area (Å²) in [6.07, 6.45) is -0.456. The third kappa shape index (κ3) is 6.37. The topological polar surface area (TPSA) is 125 Å². The van der Waals surface area contributed by atoms with Gasteiger partial charge in [0.25, 0.3) is 17.9 Å². The van der Waals surface area contributed by atoms with Gasteiger partial charge in [-0.25, -0.2) is 26.7 Å². The van der Waals surface area contributed by atoms with Crippen molar-refractivity contribution in [2.75, 3.05) is 11.4 Å². The highest BCUT2D eigenvalue weighted by molar-refractivity contribution is 6.65. The van der Waals surface area contributed by atoms with Crippen LogP contribution in [0.5, 0.6) is 0 Å². The number of halogens is 5. The van der Waals surface area contributed by atoms with Crippen molar-refractivity contribution < 1.29 is 54.4 Å². The number of urea groups is 1. The molecule has 0 unspecified atom stereocenters. The number of amides is 2. The molecule has 0 aliphatic heterocycles. The number of hydrogen-bond acceptors (Lipinski definition) is 7. The summed E-state index contributed by atoms with van der Waals surface area (Å²) < 4.78 is 82.8. The summed E-state index contributed by atoms with van der Waals surface area (Å²) in [7, 11) is -4.37. The van der Waals surface area contributed by atoms with Gasteiger partial charge in [0.2, 0.25) is 5.82 Å². The minimum atomic E-state index is -4.37. The van der Waals surface area contributed by atoms with Gasteiger partial charge in [0.1, 0.15) is 5.69 Å². The largest absolute Gasteiger partial charge is 0.705 e. The fourth-order valence-electron chi connectivity index (χ4n) is 2.49. The Morgan fingerprint density at radius 2 is 1.13 bits per heavy atom. The van der Waals surface area contributed by atoms with Crippen LogP contribution in [0.1, 0.15) is 27.2 Å². The zero-order chi connectivity index (χ0) is 24.1. The molecule has 0 saturated heterocycles. The summed E-state index contributed by atoms with van der Waals surface area (Å²) in [5.41, 5.74) is 3.40. The molecule has 9 nitrogen and oxygen atoms in total. The van der Waals surface area contributed by atoms with E-state index < -0.39 is 86.5 Å². The number of anilines is 1. The Labute approximate surface area is 173 Å². The first kappa shape index (κ1) is 25.8. The van der Waals surface area contributed by atoms with Gasteiger partial charge in [-0.1, -0.05) is 0 Å². The quantitative estimate of drug-likeness (QED) is 0.266. The van der Waals surface area contributed by atoms with E-state index in [4.69, 9.17) is 19.0 Å². The molecule has 1 aromatic rings. The van der Waals surface area contributed by atoms with E-state index in [9.17, 15) is 41.1 Å². The maximum absolute atomic E-state index is 14.0. The lowest BCUT2D eigenvalue weighted by Gasteiger charge is -2.27. The summed E-state index contributed by atoms with van der Waals surface area (Å²) in [6.45, 7) is 1.96. The number of carbonyl (C=O) groups is 4. The highest BCUT2D eigenvalue weighted by atomic mass is 28.4. The van der Waals surface area contributed by atoms with Crippen molar-refractivity contribution in [2.45, 2.75) is 33.2 Å². The van der Waals surface area contributed by atoms with E-state index in [1.807, 2.05) is 0 Å². The van der Waals surface area contributed by atoms with Gasteiger partial charge in [-0.3, -0.25) is 19.3 Å². The number of carbonyl (C=O) groups excluding carboxylic acids is 4. The minimum absolute atomic E-state index is 0.0464. The molecule has 0 heterocycles. The summed E-state index contributed by atoms with van der Waals surface area (Å²) >= 11 is 0. The van der Waals surface area contributed by atoms with Gasteiger partial charge in [-0.2, -0.15) is 0 Å². The summed E-state index contributed by atoms with van der Waals surface area (Å²) in [4.78, 5) is 45.8. The molecular weight excluding hydrogens is 455 g/mol. The van der Waals surface area contributed by atoms with Gasteiger partial charge in [0.15, 0.2) is 23.3 Å². The van der Waals surface area contributed by atoms with Crippen LogP contribution in [-0.4, -0.2) is 39.3 Å². The van der Waals surface area contributed by atoms with Crippen molar-refractivity contribution in [3.63, 3.8) is 0 Å². The second-order valence-corrected chi connectivity index (χ2v) is 8.45.